The summed E-state index contributed by atoms with van der Waals surface area (Å²) in [7, 11) is 0. The van der Waals surface area contributed by atoms with Crippen molar-refractivity contribution < 1.29 is 30.3 Å². The van der Waals surface area contributed by atoms with Gasteiger partial charge in [0.25, 0.3) is 0 Å². The Kier molecular flexibility index (Phi) is 4.39. The van der Waals surface area contributed by atoms with Gasteiger partial charge in [-0.05, 0) is 33.3 Å². The van der Waals surface area contributed by atoms with Gasteiger partial charge in [0.15, 0.2) is 0 Å². The van der Waals surface area contributed by atoms with Crippen LogP contribution >= 0.6 is 0 Å². The largest absolute Gasteiger partial charge is 0.391 e. The Labute approximate surface area is 136 Å². The Bertz CT molecular complexity index is 551. The second-order valence-electron chi connectivity index (χ2n) is 7.02. The molecule has 23 heavy (non-hydrogen) atoms. The minimum absolute atomic E-state index is 0.115. The Morgan fingerprint density at radius 2 is 1.52 bits per heavy atom. The molecule has 6 atom stereocenters. The van der Waals surface area contributed by atoms with Crippen LogP contribution in [0.1, 0.15) is 33.3 Å². The van der Waals surface area contributed by atoms with Crippen LogP contribution in [-0.4, -0.2) is 60.3 Å². The molecule has 130 valence electrons. The van der Waals surface area contributed by atoms with Crippen LogP contribution < -0.4 is 0 Å². The molecular weight excluding hydrogens is 300 g/mol. The van der Waals surface area contributed by atoms with Crippen molar-refractivity contribution in [3.8, 4) is 0 Å². The molecule has 6 heteroatoms. The summed E-state index contributed by atoms with van der Waals surface area (Å²) >= 11 is 0. The molecule has 0 aliphatic carbocycles. The number of rotatable bonds is 3. The topological polar surface area (TPSA) is 110 Å². The molecule has 2 rings (SSSR count). The first kappa shape index (κ1) is 18.3. The van der Waals surface area contributed by atoms with Gasteiger partial charge in [-0.15, -0.1) is 0 Å². The van der Waals surface area contributed by atoms with Crippen molar-refractivity contribution in [2.45, 2.75) is 68.9 Å². The summed E-state index contributed by atoms with van der Waals surface area (Å²) in [5.41, 5.74) is -5.63. The summed E-state index contributed by atoms with van der Waals surface area (Å²) in [5, 5.41) is 53.2. The Morgan fingerprint density at radius 1 is 1.00 bits per heavy atom. The number of hydrogen-bond acceptors (Lipinski definition) is 6. The molecule has 5 N–H and O–H groups in total. The van der Waals surface area contributed by atoms with Gasteiger partial charge < -0.3 is 30.3 Å². The van der Waals surface area contributed by atoms with Gasteiger partial charge >= 0.3 is 0 Å². The number of ether oxygens (including phenoxy) is 1. The average Bonchev–Trinajstić information content (AvgIpc) is 2.43. The van der Waals surface area contributed by atoms with E-state index in [2.05, 4.69) is 0 Å². The predicted molar refractivity (Wildman–Crippen MR) is 83.5 cm³/mol. The molecule has 1 aliphatic heterocycles. The molecule has 1 fully saturated rings. The lowest BCUT2D eigenvalue weighted by atomic mass is 9.63. The zero-order chi connectivity index (χ0) is 17.7. The van der Waals surface area contributed by atoms with Crippen LogP contribution in [0.4, 0.5) is 0 Å². The molecule has 0 spiro atoms. The first-order valence-electron chi connectivity index (χ1n) is 7.66. The second-order valence-corrected chi connectivity index (χ2v) is 7.02. The molecule has 0 bridgehead atoms. The van der Waals surface area contributed by atoms with E-state index in [9.17, 15) is 25.5 Å². The normalized spacial score (nSPS) is 45.7. The highest BCUT2D eigenvalue weighted by Crippen LogP contribution is 2.49. The molecule has 1 aliphatic rings. The highest BCUT2D eigenvalue weighted by atomic mass is 16.7. The van der Waals surface area contributed by atoms with Gasteiger partial charge in [0.2, 0.25) is 5.79 Å². The molecule has 1 unspecified atom stereocenters. The number of aliphatic hydroxyl groups is 5. The first-order chi connectivity index (χ1) is 10.4. The lowest BCUT2D eigenvalue weighted by molar-refractivity contribution is -0.434. The van der Waals surface area contributed by atoms with E-state index < -0.39 is 34.8 Å². The molecule has 1 heterocycles. The van der Waals surface area contributed by atoms with E-state index in [1.54, 1.807) is 24.3 Å². The highest BCUT2D eigenvalue weighted by molar-refractivity contribution is 5.24. The number of aliphatic hydroxyl groups excluding tert-OH is 1. The zero-order valence-corrected chi connectivity index (χ0v) is 13.9. The van der Waals surface area contributed by atoms with Gasteiger partial charge in [0.05, 0.1) is 6.10 Å². The molecular formula is C17H26O6. The minimum atomic E-state index is -2.19. The standard InChI is InChI=1S/C17H26O6/c1-11(18)13-14(2,19)15(3,20)16(4,21)17(22,23-13)10-12-8-6-5-7-9-12/h5-9,11,13,18-22H,10H2,1-4H3/t11?,13-,14-,15+,16-,17-/m1/s1. The van der Waals surface area contributed by atoms with E-state index in [1.165, 1.54) is 27.7 Å². The maximum Gasteiger partial charge on any atom is 0.202 e. The van der Waals surface area contributed by atoms with E-state index in [0.29, 0.717) is 5.56 Å². The van der Waals surface area contributed by atoms with E-state index in [0.717, 1.165) is 0 Å². The highest BCUT2D eigenvalue weighted by Gasteiger charge is 2.71. The summed E-state index contributed by atoms with van der Waals surface area (Å²) < 4.78 is 5.55. The van der Waals surface area contributed by atoms with Crippen LogP contribution in [-0.2, 0) is 11.2 Å². The van der Waals surface area contributed by atoms with E-state index in [-0.39, 0.29) is 6.42 Å². The van der Waals surface area contributed by atoms with Gasteiger partial charge in [0.1, 0.15) is 22.9 Å². The Hall–Kier alpha value is -1.02. The molecule has 6 nitrogen and oxygen atoms in total. The van der Waals surface area contributed by atoms with Crippen molar-refractivity contribution in [3.63, 3.8) is 0 Å². The van der Waals surface area contributed by atoms with Gasteiger partial charge in [-0.3, -0.25) is 0 Å². The van der Waals surface area contributed by atoms with Crippen LogP contribution in [0, 0.1) is 0 Å². The Balaban J connectivity index is 2.50. The molecule has 1 aromatic rings. The molecule has 1 saturated heterocycles. The van der Waals surface area contributed by atoms with Crippen molar-refractivity contribution in [3.05, 3.63) is 35.9 Å². The monoisotopic (exact) mass is 326 g/mol. The molecule has 1 aromatic carbocycles. The molecule has 0 radical (unpaired) electrons. The van der Waals surface area contributed by atoms with Crippen molar-refractivity contribution in [1.82, 2.24) is 0 Å². The van der Waals surface area contributed by atoms with E-state index in [1.807, 2.05) is 6.07 Å². The van der Waals surface area contributed by atoms with Gasteiger partial charge in [-0.25, -0.2) is 0 Å². The SMILES string of the molecule is CC(O)[C@H]1O[C@](O)(Cc2ccccc2)[C@](C)(O)[C@@](C)(O)[C@]1(C)O. The summed E-state index contributed by atoms with van der Waals surface area (Å²) in [6.45, 7) is 5.09. The third-order valence-electron chi connectivity index (χ3n) is 5.29. The summed E-state index contributed by atoms with van der Waals surface area (Å²) in [4.78, 5) is 0. The molecule has 0 saturated carbocycles. The second kappa shape index (κ2) is 5.51. The lowest BCUT2D eigenvalue weighted by Gasteiger charge is -2.61. The van der Waals surface area contributed by atoms with Crippen LogP contribution in [0.5, 0.6) is 0 Å². The summed E-state index contributed by atoms with van der Waals surface area (Å²) in [6.07, 6.45) is -2.57. The van der Waals surface area contributed by atoms with Gasteiger partial charge in [-0.1, -0.05) is 30.3 Å². The third kappa shape index (κ3) is 2.59. The van der Waals surface area contributed by atoms with E-state index in [4.69, 9.17) is 4.74 Å². The number of hydrogen-bond donors (Lipinski definition) is 5. The zero-order valence-electron chi connectivity index (χ0n) is 13.9. The average molecular weight is 326 g/mol. The smallest absolute Gasteiger partial charge is 0.202 e. The maximum absolute atomic E-state index is 11.0. The van der Waals surface area contributed by atoms with Crippen molar-refractivity contribution in [2.24, 2.45) is 0 Å². The first-order valence-corrected chi connectivity index (χ1v) is 7.66. The van der Waals surface area contributed by atoms with Crippen LogP contribution in [0.3, 0.4) is 0 Å². The maximum atomic E-state index is 11.0. The summed E-state index contributed by atoms with van der Waals surface area (Å²) in [6, 6.07) is 8.85. The quantitative estimate of drug-likeness (QED) is 0.533. The fourth-order valence-corrected chi connectivity index (χ4v) is 3.24. The minimum Gasteiger partial charge on any atom is -0.391 e. The van der Waals surface area contributed by atoms with Crippen LogP contribution in [0.2, 0.25) is 0 Å². The van der Waals surface area contributed by atoms with Gasteiger partial charge in [0, 0.05) is 6.42 Å². The lowest BCUT2D eigenvalue weighted by Crippen LogP contribution is -2.82. The number of benzene rings is 1. The van der Waals surface area contributed by atoms with Crippen molar-refractivity contribution in [2.75, 3.05) is 0 Å². The Morgan fingerprint density at radius 3 is 2.00 bits per heavy atom. The van der Waals surface area contributed by atoms with Crippen LogP contribution in [0.15, 0.2) is 30.3 Å². The fourth-order valence-electron chi connectivity index (χ4n) is 3.24. The van der Waals surface area contributed by atoms with Crippen molar-refractivity contribution in [1.29, 1.82) is 0 Å². The summed E-state index contributed by atoms with van der Waals surface area (Å²) in [5.74, 6) is -2.19. The molecule has 0 amide bonds. The fraction of sp³-hybridized carbons (Fsp3) is 0.647. The third-order valence-corrected chi connectivity index (χ3v) is 5.29. The van der Waals surface area contributed by atoms with Crippen molar-refractivity contribution >= 4 is 0 Å². The van der Waals surface area contributed by atoms with E-state index >= 15 is 0 Å². The van der Waals surface area contributed by atoms with Crippen LogP contribution in [0.25, 0.3) is 0 Å². The predicted octanol–water partition coefficient (Wildman–Crippen LogP) is -0.0497. The van der Waals surface area contributed by atoms with Gasteiger partial charge in [-0.2, -0.15) is 0 Å². The molecule has 0 aromatic heterocycles.